The molecule has 7 heteroatoms. The van der Waals surface area contributed by atoms with Gasteiger partial charge in [-0.2, -0.15) is 0 Å². The van der Waals surface area contributed by atoms with Gasteiger partial charge in [-0.3, -0.25) is 9.59 Å². The van der Waals surface area contributed by atoms with Crippen LogP contribution in [0.25, 0.3) is 0 Å². The van der Waals surface area contributed by atoms with E-state index in [2.05, 4.69) is 0 Å². The summed E-state index contributed by atoms with van der Waals surface area (Å²) in [6.45, 7) is 1.41. The maximum atomic E-state index is 13.4. The second-order valence-electron chi connectivity index (χ2n) is 6.88. The van der Waals surface area contributed by atoms with Crippen molar-refractivity contribution in [1.29, 1.82) is 0 Å². The lowest BCUT2D eigenvalue weighted by Crippen LogP contribution is -2.36. The molecule has 2 fully saturated rings. The van der Waals surface area contributed by atoms with Crippen molar-refractivity contribution >= 4 is 11.9 Å². The smallest absolute Gasteiger partial charge is 0.305 e. The summed E-state index contributed by atoms with van der Waals surface area (Å²) in [4.78, 5) is 25.2. The van der Waals surface area contributed by atoms with Gasteiger partial charge in [-0.05, 0) is 42.4 Å². The van der Waals surface area contributed by atoms with Gasteiger partial charge in [0.05, 0.1) is 6.42 Å². The first-order valence-electron chi connectivity index (χ1n) is 8.43. The molecule has 1 saturated heterocycles. The summed E-state index contributed by atoms with van der Waals surface area (Å²) in [7, 11) is 0. The fourth-order valence-electron chi connectivity index (χ4n) is 3.60. The highest BCUT2D eigenvalue weighted by Gasteiger charge is 2.58. The molecule has 1 spiro atoms. The number of halogens is 2. The zero-order valence-corrected chi connectivity index (χ0v) is 13.8. The summed E-state index contributed by atoms with van der Waals surface area (Å²) in [6, 6.07) is 3.48. The van der Waals surface area contributed by atoms with E-state index in [1.807, 2.05) is 0 Å². The first-order chi connectivity index (χ1) is 11.9. The van der Waals surface area contributed by atoms with E-state index in [1.165, 1.54) is 11.0 Å². The first-order valence-corrected chi connectivity index (χ1v) is 8.43. The molecule has 1 heterocycles. The number of rotatable bonds is 6. The molecular formula is C18H21F2NO4. The van der Waals surface area contributed by atoms with Crippen LogP contribution in [0.15, 0.2) is 18.2 Å². The highest BCUT2D eigenvalue weighted by molar-refractivity contribution is 5.83. The van der Waals surface area contributed by atoms with Crippen LogP contribution in [-0.2, 0) is 20.9 Å². The molecule has 25 heavy (non-hydrogen) atoms. The number of hydrogen-bond donors (Lipinski definition) is 1. The zero-order chi connectivity index (χ0) is 18.0. The molecule has 1 aromatic carbocycles. The minimum Gasteiger partial charge on any atom is -0.481 e. The average molecular weight is 353 g/mol. The summed E-state index contributed by atoms with van der Waals surface area (Å²) in [5.41, 5.74) is 0.421. The number of ether oxygens (including phenoxy) is 1. The Morgan fingerprint density at radius 2 is 1.96 bits per heavy atom. The normalized spacial score (nSPS) is 21.1. The maximum absolute atomic E-state index is 13.4. The summed E-state index contributed by atoms with van der Waals surface area (Å²) in [5, 5.41) is 8.92. The van der Waals surface area contributed by atoms with Crippen LogP contribution in [0.4, 0.5) is 8.78 Å². The van der Waals surface area contributed by atoms with Gasteiger partial charge in [0.1, 0.15) is 0 Å². The third-order valence-corrected chi connectivity index (χ3v) is 5.24. The van der Waals surface area contributed by atoms with Crippen molar-refractivity contribution < 1.29 is 28.2 Å². The van der Waals surface area contributed by atoms with Crippen molar-refractivity contribution in [3.63, 3.8) is 0 Å². The standard InChI is InChI=1S/C18H21F2NO4/c19-14-2-1-12(9-15(14)20)11-21(6-3-16(22)23)17(24)13-10-18(13)4-7-25-8-5-18/h1-2,9,13H,3-8,10-11H2,(H,22,23)/t13-/m0/s1. The SMILES string of the molecule is O=C(O)CCN(Cc1ccc(F)c(F)c1)C(=O)[C@@H]1CC12CCOCC2. The molecule has 3 rings (SSSR count). The molecule has 0 radical (unpaired) electrons. The number of hydrogen-bond acceptors (Lipinski definition) is 3. The Kier molecular flexibility index (Phi) is 5.03. The number of carboxylic acids is 1. The van der Waals surface area contributed by atoms with Crippen molar-refractivity contribution in [2.45, 2.75) is 32.2 Å². The molecule has 136 valence electrons. The monoisotopic (exact) mass is 353 g/mol. The summed E-state index contributed by atoms with van der Waals surface area (Å²) < 4.78 is 31.8. The maximum Gasteiger partial charge on any atom is 0.305 e. The minimum absolute atomic E-state index is 0.0230. The van der Waals surface area contributed by atoms with Gasteiger partial charge in [0, 0.05) is 32.2 Å². The van der Waals surface area contributed by atoms with Crippen LogP contribution < -0.4 is 0 Å². The molecule has 1 aromatic rings. The molecule has 2 aliphatic rings. The molecule has 0 bridgehead atoms. The van der Waals surface area contributed by atoms with Crippen LogP contribution in [0.2, 0.25) is 0 Å². The number of carbonyl (C=O) groups excluding carboxylic acids is 1. The zero-order valence-electron chi connectivity index (χ0n) is 13.8. The quantitative estimate of drug-likeness (QED) is 0.854. The second kappa shape index (κ2) is 7.07. The lowest BCUT2D eigenvalue weighted by atomic mass is 9.93. The van der Waals surface area contributed by atoms with Crippen LogP contribution in [0.1, 0.15) is 31.2 Å². The Morgan fingerprint density at radius 1 is 1.24 bits per heavy atom. The molecule has 5 nitrogen and oxygen atoms in total. The van der Waals surface area contributed by atoms with E-state index in [0.29, 0.717) is 18.8 Å². The molecule has 1 atom stereocenters. The Morgan fingerprint density at radius 3 is 2.60 bits per heavy atom. The molecule has 1 amide bonds. The van der Waals surface area contributed by atoms with E-state index in [-0.39, 0.29) is 36.8 Å². The van der Waals surface area contributed by atoms with E-state index >= 15 is 0 Å². The van der Waals surface area contributed by atoms with Crippen molar-refractivity contribution in [1.82, 2.24) is 4.90 Å². The van der Waals surface area contributed by atoms with Crippen molar-refractivity contribution in [2.75, 3.05) is 19.8 Å². The van der Waals surface area contributed by atoms with Gasteiger partial charge < -0.3 is 14.7 Å². The van der Waals surface area contributed by atoms with Gasteiger partial charge in [0.25, 0.3) is 0 Å². The first kappa shape index (κ1) is 17.8. The molecule has 0 unspecified atom stereocenters. The van der Waals surface area contributed by atoms with E-state index < -0.39 is 17.6 Å². The van der Waals surface area contributed by atoms with Crippen LogP contribution in [-0.4, -0.2) is 41.6 Å². The van der Waals surface area contributed by atoms with E-state index in [0.717, 1.165) is 31.4 Å². The Bertz CT molecular complexity index is 673. The lowest BCUT2D eigenvalue weighted by molar-refractivity contribution is -0.139. The van der Waals surface area contributed by atoms with E-state index in [9.17, 15) is 18.4 Å². The van der Waals surface area contributed by atoms with Gasteiger partial charge >= 0.3 is 5.97 Å². The number of aliphatic carboxylic acids is 1. The van der Waals surface area contributed by atoms with Crippen LogP contribution in [0.5, 0.6) is 0 Å². The number of nitrogens with zero attached hydrogens (tertiary/aromatic N) is 1. The molecule has 1 aliphatic heterocycles. The fourth-order valence-corrected chi connectivity index (χ4v) is 3.60. The summed E-state index contributed by atoms with van der Waals surface area (Å²) in [5.74, 6) is -3.16. The van der Waals surface area contributed by atoms with Gasteiger partial charge in [-0.25, -0.2) is 8.78 Å². The predicted molar refractivity (Wildman–Crippen MR) is 84.6 cm³/mol. The van der Waals surface area contributed by atoms with Crippen LogP contribution >= 0.6 is 0 Å². The average Bonchev–Trinajstić information content (AvgIpc) is 3.27. The Hall–Kier alpha value is -2.02. The second-order valence-corrected chi connectivity index (χ2v) is 6.88. The van der Waals surface area contributed by atoms with Gasteiger partial charge in [0.2, 0.25) is 5.91 Å². The van der Waals surface area contributed by atoms with E-state index in [4.69, 9.17) is 9.84 Å². The number of carbonyl (C=O) groups is 2. The largest absolute Gasteiger partial charge is 0.481 e. The van der Waals surface area contributed by atoms with E-state index in [1.54, 1.807) is 0 Å². The molecule has 1 N–H and O–H groups in total. The van der Waals surface area contributed by atoms with Crippen molar-refractivity contribution in [3.05, 3.63) is 35.4 Å². The summed E-state index contributed by atoms with van der Waals surface area (Å²) in [6.07, 6.45) is 2.28. The number of amides is 1. The highest BCUT2D eigenvalue weighted by atomic mass is 19.2. The fraction of sp³-hybridized carbons (Fsp3) is 0.556. The third kappa shape index (κ3) is 3.98. The minimum atomic E-state index is -1.00. The number of benzene rings is 1. The highest BCUT2D eigenvalue weighted by Crippen LogP contribution is 2.59. The number of carboxylic acid groups (broad SMARTS) is 1. The molecule has 1 aliphatic carbocycles. The molecule has 0 aromatic heterocycles. The Labute approximate surface area is 144 Å². The van der Waals surface area contributed by atoms with Crippen LogP contribution in [0.3, 0.4) is 0 Å². The van der Waals surface area contributed by atoms with Gasteiger partial charge in [0.15, 0.2) is 11.6 Å². The van der Waals surface area contributed by atoms with Gasteiger partial charge in [-0.1, -0.05) is 6.07 Å². The van der Waals surface area contributed by atoms with Gasteiger partial charge in [-0.15, -0.1) is 0 Å². The molecular weight excluding hydrogens is 332 g/mol. The Balaban J connectivity index is 1.71. The topological polar surface area (TPSA) is 66.8 Å². The summed E-state index contributed by atoms with van der Waals surface area (Å²) >= 11 is 0. The third-order valence-electron chi connectivity index (χ3n) is 5.24. The molecule has 1 saturated carbocycles. The van der Waals surface area contributed by atoms with Crippen molar-refractivity contribution in [3.8, 4) is 0 Å². The van der Waals surface area contributed by atoms with Crippen LogP contribution in [0, 0.1) is 23.0 Å². The van der Waals surface area contributed by atoms with Crippen molar-refractivity contribution in [2.24, 2.45) is 11.3 Å². The lowest BCUT2D eigenvalue weighted by Gasteiger charge is -2.26. The predicted octanol–water partition coefficient (Wildman–Crippen LogP) is 2.58.